The quantitative estimate of drug-likeness (QED) is 0.894. The average Bonchev–Trinajstić information content (AvgIpc) is 2.78. The number of aromatic carboxylic acids is 1. The van der Waals surface area contributed by atoms with Gasteiger partial charge in [-0.15, -0.1) is 0 Å². The Hall–Kier alpha value is -2.37. The molecule has 0 aliphatic carbocycles. The monoisotopic (exact) mass is 344 g/mol. The van der Waals surface area contributed by atoms with Gasteiger partial charge in [-0.1, -0.05) is 35.9 Å². The summed E-state index contributed by atoms with van der Waals surface area (Å²) in [6.45, 7) is 3.62. The van der Waals surface area contributed by atoms with Crippen LogP contribution in [0, 0.1) is 0 Å². The molecule has 5 nitrogen and oxygen atoms in total. The van der Waals surface area contributed by atoms with Gasteiger partial charge in [0.2, 0.25) is 5.91 Å². The van der Waals surface area contributed by atoms with Gasteiger partial charge in [0.05, 0.1) is 11.1 Å². The number of amides is 1. The van der Waals surface area contributed by atoms with Crippen LogP contribution in [0.1, 0.15) is 35.9 Å². The van der Waals surface area contributed by atoms with Crippen LogP contribution in [-0.4, -0.2) is 22.5 Å². The SMILES string of the molecule is CC1(C)NC(c2ccc(C(=O)O)cc2Cl)N(c2ccccc2)C1=O. The van der Waals surface area contributed by atoms with Crippen molar-refractivity contribution in [2.75, 3.05) is 4.90 Å². The highest BCUT2D eigenvalue weighted by molar-refractivity contribution is 6.31. The molecule has 1 aliphatic heterocycles. The van der Waals surface area contributed by atoms with Crippen LogP contribution in [0.2, 0.25) is 5.02 Å². The van der Waals surface area contributed by atoms with E-state index in [1.807, 2.05) is 44.2 Å². The summed E-state index contributed by atoms with van der Waals surface area (Å²) in [6.07, 6.45) is -0.467. The molecule has 0 bridgehead atoms. The van der Waals surface area contributed by atoms with E-state index in [2.05, 4.69) is 5.32 Å². The molecule has 2 aromatic rings. The van der Waals surface area contributed by atoms with Crippen molar-refractivity contribution in [3.63, 3.8) is 0 Å². The van der Waals surface area contributed by atoms with Crippen molar-refractivity contribution < 1.29 is 14.7 Å². The maximum atomic E-state index is 12.8. The number of carbonyl (C=O) groups is 2. The third-order valence-corrected chi connectivity index (χ3v) is 4.41. The lowest BCUT2D eigenvalue weighted by atomic mass is 10.1. The Morgan fingerprint density at radius 3 is 2.46 bits per heavy atom. The molecular formula is C18H17ClN2O3. The predicted octanol–water partition coefficient (Wildman–Crippen LogP) is 3.45. The Morgan fingerprint density at radius 1 is 1.21 bits per heavy atom. The van der Waals surface area contributed by atoms with E-state index in [1.165, 1.54) is 12.1 Å². The molecule has 1 saturated heterocycles. The number of hydrogen-bond donors (Lipinski definition) is 2. The summed E-state index contributed by atoms with van der Waals surface area (Å²) in [6, 6.07) is 13.9. The van der Waals surface area contributed by atoms with Crippen molar-refractivity contribution in [2.45, 2.75) is 25.6 Å². The molecule has 0 radical (unpaired) electrons. The Kier molecular flexibility index (Phi) is 4.07. The third kappa shape index (κ3) is 2.77. The van der Waals surface area contributed by atoms with Crippen molar-refractivity contribution >= 4 is 29.2 Å². The summed E-state index contributed by atoms with van der Waals surface area (Å²) < 4.78 is 0. The number of rotatable bonds is 3. The molecule has 3 rings (SSSR count). The molecule has 1 aliphatic rings. The van der Waals surface area contributed by atoms with Gasteiger partial charge in [0.15, 0.2) is 0 Å². The van der Waals surface area contributed by atoms with Gasteiger partial charge < -0.3 is 5.11 Å². The fourth-order valence-electron chi connectivity index (χ4n) is 2.84. The summed E-state index contributed by atoms with van der Waals surface area (Å²) in [5, 5.41) is 12.7. The van der Waals surface area contributed by atoms with Gasteiger partial charge in [-0.05, 0) is 38.1 Å². The van der Waals surface area contributed by atoms with Crippen LogP contribution in [-0.2, 0) is 4.79 Å². The molecule has 2 aromatic carbocycles. The molecule has 1 amide bonds. The van der Waals surface area contributed by atoms with E-state index >= 15 is 0 Å². The number of carboxylic acid groups (broad SMARTS) is 1. The minimum Gasteiger partial charge on any atom is -0.478 e. The zero-order valence-corrected chi connectivity index (χ0v) is 14.0. The summed E-state index contributed by atoms with van der Waals surface area (Å²) in [5.74, 6) is -1.11. The predicted molar refractivity (Wildman–Crippen MR) is 92.3 cm³/mol. The summed E-state index contributed by atoms with van der Waals surface area (Å²) >= 11 is 6.31. The van der Waals surface area contributed by atoms with E-state index in [0.717, 1.165) is 5.69 Å². The third-order valence-electron chi connectivity index (χ3n) is 4.09. The van der Waals surface area contributed by atoms with E-state index in [0.29, 0.717) is 10.6 Å². The molecule has 1 unspecified atom stereocenters. The van der Waals surface area contributed by atoms with Crippen molar-refractivity contribution in [3.05, 3.63) is 64.7 Å². The molecule has 124 valence electrons. The molecule has 1 heterocycles. The topological polar surface area (TPSA) is 69.6 Å². The summed E-state index contributed by atoms with van der Waals surface area (Å²) in [7, 11) is 0. The molecule has 6 heteroatoms. The molecule has 1 atom stereocenters. The van der Waals surface area contributed by atoms with Gasteiger partial charge in [-0.3, -0.25) is 15.0 Å². The fourth-order valence-corrected chi connectivity index (χ4v) is 3.12. The Morgan fingerprint density at radius 2 is 1.88 bits per heavy atom. The molecule has 24 heavy (non-hydrogen) atoms. The number of carbonyl (C=O) groups excluding carboxylic acids is 1. The lowest BCUT2D eigenvalue weighted by Crippen LogP contribution is -2.40. The van der Waals surface area contributed by atoms with Crippen molar-refractivity contribution in [2.24, 2.45) is 0 Å². The summed E-state index contributed by atoms with van der Waals surface area (Å²) in [4.78, 5) is 25.6. The van der Waals surface area contributed by atoms with Gasteiger partial charge in [-0.25, -0.2) is 4.79 Å². The number of benzene rings is 2. The highest BCUT2D eigenvalue weighted by Gasteiger charge is 2.46. The van der Waals surface area contributed by atoms with E-state index in [4.69, 9.17) is 16.7 Å². The first-order valence-electron chi connectivity index (χ1n) is 7.50. The normalized spacial score (nSPS) is 19.5. The van der Waals surface area contributed by atoms with Gasteiger partial charge in [-0.2, -0.15) is 0 Å². The first kappa shape index (κ1) is 16.5. The lowest BCUT2D eigenvalue weighted by Gasteiger charge is -2.25. The summed E-state index contributed by atoms with van der Waals surface area (Å²) in [5.41, 5.74) is 0.766. The molecular weight excluding hydrogens is 328 g/mol. The second-order valence-corrected chi connectivity index (χ2v) is 6.63. The van der Waals surface area contributed by atoms with Crippen LogP contribution >= 0.6 is 11.6 Å². The van der Waals surface area contributed by atoms with Crippen LogP contribution in [0.4, 0.5) is 5.69 Å². The maximum absolute atomic E-state index is 12.8. The van der Waals surface area contributed by atoms with E-state index in [1.54, 1.807) is 11.0 Å². The smallest absolute Gasteiger partial charge is 0.335 e. The molecule has 2 N–H and O–H groups in total. The van der Waals surface area contributed by atoms with Gasteiger partial charge in [0.1, 0.15) is 6.17 Å². The fraction of sp³-hybridized carbons (Fsp3) is 0.222. The number of hydrogen-bond acceptors (Lipinski definition) is 3. The second kappa shape index (κ2) is 5.92. The Balaban J connectivity index is 2.08. The molecule has 0 saturated carbocycles. The highest BCUT2D eigenvalue weighted by atomic mass is 35.5. The van der Waals surface area contributed by atoms with E-state index in [-0.39, 0.29) is 11.5 Å². The Bertz CT molecular complexity index is 805. The van der Waals surface area contributed by atoms with Crippen molar-refractivity contribution in [1.29, 1.82) is 0 Å². The van der Waals surface area contributed by atoms with Crippen LogP contribution in [0.15, 0.2) is 48.5 Å². The van der Waals surface area contributed by atoms with Crippen molar-refractivity contribution in [1.82, 2.24) is 5.32 Å². The maximum Gasteiger partial charge on any atom is 0.335 e. The first-order valence-corrected chi connectivity index (χ1v) is 7.88. The van der Waals surface area contributed by atoms with Gasteiger partial charge >= 0.3 is 5.97 Å². The second-order valence-electron chi connectivity index (χ2n) is 6.22. The number of halogens is 1. The lowest BCUT2D eigenvalue weighted by molar-refractivity contribution is -0.121. The number of carboxylic acids is 1. The van der Waals surface area contributed by atoms with E-state index < -0.39 is 17.7 Å². The average molecular weight is 345 g/mol. The largest absolute Gasteiger partial charge is 0.478 e. The first-order chi connectivity index (χ1) is 11.3. The Labute approximate surface area is 144 Å². The number of nitrogens with one attached hydrogen (secondary N) is 1. The highest BCUT2D eigenvalue weighted by Crippen LogP contribution is 2.37. The standard InChI is InChI=1S/C18H17ClN2O3/c1-18(2)17(24)21(12-6-4-3-5-7-12)15(20-18)13-9-8-11(16(22)23)10-14(13)19/h3-10,15,20H,1-2H3,(H,22,23). The van der Waals surface area contributed by atoms with E-state index in [9.17, 15) is 9.59 Å². The van der Waals surface area contributed by atoms with Gasteiger partial charge in [0.25, 0.3) is 0 Å². The van der Waals surface area contributed by atoms with Crippen LogP contribution in [0.3, 0.4) is 0 Å². The number of para-hydroxylation sites is 1. The number of nitrogens with zero attached hydrogens (tertiary/aromatic N) is 1. The van der Waals surface area contributed by atoms with Crippen LogP contribution in [0.5, 0.6) is 0 Å². The minimum absolute atomic E-state index is 0.0722. The van der Waals surface area contributed by atoms with Crippen molar-refractivity contribution in [3.8, 4) is 0 Å². The number of anilines is 1. The minimum atomic E-state index is -1.04. The zero-order valence-electron chi connectivity index (χ0n) is 13.3. The van der Waals surface area contributed by atoms with Crippen LogP contribution < -0.4 is 10.2 Å². The molecule has 0 aromatic heterocycles. The van der Waals surface area contributed by atoms with Gasteiger partial charge in [0, 0.05) is 16.3 Å². The molecule has 1 fully saturated rings. The zero-order chi connectivity index (χ0) is 17.5. The molecule has 0 spiro atoms. The van der Waals surface area contributed by atoms with Crippen LogP contribution in [0.25, 0.3) is 0 Å².